The number of rotatable bonds is 8. The highest BCUT2D eigenvalue weighted by molar-refractivity contribution is 7.89. The Labute approximate surface area is 178 Å². The van der Waals surface area contributed by atoms with Crippen LogP contribution >= 0.6 is 0 Å². The minimum absolute atomic E-state index is 0.0738. The summed E-state index contributed by atoms with van der Waals surface area (Å²) in [6.07, 6.45) is 4.23. The Morgan fingerprint density at radius 2 is 1.87 bits per heavy atom. The van der Waals surface area contributed by atoms with Gasteiger partial charge < -0.3 is 15.0 Å². The van der Waals surface area contributed by atoms with E-state index in [0.29, 0.717) is 19.8 Å². The van der Waals surface area contributed by atoms with Crippen LogP contribution in [0, 0.1) is 11.7 Å². The van der Waals surface area contributed by atoms with E-state index in [1.807, 2.05) is 0 Å². The van der Waals surface area contributed by atoms with Gasteiger partial charge in [-0.15, -0.1) is 0 Å². The number of nitrogens with one attached hydrogen (secondary N) is 1. The average molecular weight is 442 g/mol. The van der Waals surface area contributed by atoms with E-state index in [9.17, 15) is 17.6 Å². The molecule has 2 heterocycles. The number of benzene rings is 1. The predicted octanol–water partition coefficient (Wildman–Crippen LogP) is 2.09. The number of morpholine rings is 1. The summed E-state index contributed by atoms with van der Waals surface area (Å²) < 4.78 is 46.2. The lowest BCUT2D eigenvalue weighted by atomic mass is 9.99. The van der Waals surface area contributed by atoms with Crippen LogP contribution in [0.5, 0.6) is 0 Å². The number of hydrogen-bond acceptors (Lipinski definition) is 5. The molecule has 9 heteroatoms. The molecule has 1 aromatic carbocycles. The first-order valence-electron chi connectivity index (χ1n) is 10.8. The monoisotopic (exact) mass is 441 g/mol. The predicted molar refractivity (Wildman–Crippen MR) is 112 cm³/mol. The first-order valence-corrected chi connectivity index (χ1v) is 12.2. The third kappa shape index (κ3) is 6.00. The van der Waals surface area contributed by atoms with Gasteiger partial charge in [0.25, 0.3) is 5.91 Å². The molecule has 0 aliphatic carbocycles. The van der Waals surface area contributed by atoms with Crippen LogP contribution < -0.4 is 5.32 Å². The third-order valence-electron chi connectivity index (χ3n) is 5.85. The highest BCUT2D eigenvalue weighted by Gasteiger charge is 2.27. The molecular formula is C21H32FN3O4S. The molecule has 1 aromatic rings. The van der Waals surface area contributed by atoms with E-state index in [0.717, 1.165) is 50.5 Å². The number of amides is 1. The number of carbonyl (C=O) groups excluding carboxylic acids is 1. The Bertz CT molecular complexity index is 820. The van der Waals surface area contributed by atoms with Crippen LogP contribution in [0.2, 0.25) is 0 Å². The molecule has 2 aliphatic heterocycles. The van der Waals surface area contributed by atoms with E-state index < -0.39 is 21.7 Å². The fraction of sp³-hybridized carbons (Fsp3) is 0.667. The lowest BCUT2D eigenvalue weighted by molar-refractivity contribution is 0.0730. The normalized spacial score (nSPS) is 19.7. The summed E-state index contributed by atoms with van der Waals surface area (Å²) in [6, 6.07) is 3.38. The highest BCUT2D eigenvalue weighted by Crippen LogP contribution is 2.20. The van der Waals surface area contributed by atoms with Gasteiger partial charge in [0.05, 0.1) is 23.7 Å². The van der Waals surface area contributed by atoms with Gasteiger partial charge in [0.1, 0.15) is 5.82 Å². The summed E-state index contributed by atoms with van der Waals surface area (Å²) >= 11 is 0. The zero-order valence-electron chi connectivity index (χ0n) is 17.6. The Morgan fingerprint density at radius 1 is 1.17 bits per heavy atom. The van der Waals surface area contributed by atoms with Crippen LogP contribution in [-0.4, -0.2) is 76.0 Å². The zero-order valence-corrected chi connectivity index (χ0v) is 18.4. The zero-order chi connectivity index (χ0) is 21.6. The van der Waals surface area contributed by atoms with Gasteiger partial charge in [-0.25, -0.2) is 12.8 Å². The molecule has 30 heavy (non-hydrogen) atoms. The second-order valence-electron chi connectivity index (χ2n) is 8.15. The molecule has 0 unspecified atom stereocenters. The molecule has 0 aromatic heterocycles. The van der Waals surface area contributed by atoms with Gasteiger partial charge in [0.2, 0.25) is 10.0 Å². The maximum absolute atomic E-state index is 14.2. The number of unbranched alkanes of at least 4 members (excludes halogenated alkanes) is 1. The van der Waals surface area contributed by atoms with E-state index in [1.54, 1.807) is 0 Å². The first-order chi connectivity index (χ1) is 14.4. The number of halogens is 1. The molecule has 0 radical (unpaired) electrons. The Balaban J connectivity index is 1.51. The van der Waals surface area contributed by atoms with Gasteiger partial charge >= 0.3 is 0 Å². The van der Waals surface area contributed by atoms with Gasteiger partial charge in [-0.1, -0.05) is 6.92 Å². The average Bonchev–Trinajstić information content (AvgIpc) is 2.75. The molecule has 0 atom stereocenters. The van der Waals surface area contributed by atoms with Crippen molar-refractivity contribution < 1.29 is 22.3 Å². The fourth-order valence-corrected chi connectivity index (χ4v) is 5.25. The SMILES string of the molecule is CC1CCN(CCCCNC(=O)c2cc(S(=O)(=O)N3CCOCC3)ccc2F)CC1. The quantitative estimate of drug-likeness (QED) is 0.625. The van der Waals surface area contributed by atoms with Crippen molar-refractivity contribution in [2.45, 2.75) is 37.5 Å². The molecule has 2 fully saturated rings. The second kappa shape index (κ2) is 10.7. The van der Waals surface area contributed by atoms with Gasteiger partial charge in [-0.05, 0) is 69.4 Å². The number of carbonyl (C=O) groups is 1. The summed E-state index contributed by atoms with van der Waals surface area (Å²) in [6.45, 7) is 7.12. The minimum atomic E-state index is -3.78. The van der Waals surface area contributed by atoms with Crippen LogP contribution in [0.4, 0.5) is 4.39 Å². The lowest BCUT2D eigenvalue weighted by Crippen LogP contribution is -2.40. The Hall–Kier alpha value is -1.55. The number of hydrogen-bond donors (Lipinski definition) is 1. The fourth-order valence-electron chi connectivity index (χ4n) is 3.82. The first kappa shape index (κ1) is 23.1. The summed E-state index contributed by atoms with van der Waals surface area (Å²) in [4.78, 5) is 14.8. The van der Waals surface area contributed by atoms with Crippen molar-refractivity contribution in [1.82, 2.24) is 14.5 Å². The Morgan fingerprint density at radius 3 is 2.57 bits per heavy atom. The maximum Gasteiger partial charge on any atom is 0.254 e. The molecule has 3 rings (SSSR count). The number of ether oxygens (including phenoxy) is 1. The highest BCUT2D eigenvalue weighted by atomic mass is 32.2. The summed E-state index contributed by atoms with van der Waals surface area (Å²) in [5, 5.41) is 2.72. The topological polar surface area (TPSA) is 79.0 Å². The van der Waals surface area contributed by atoms with Gasteiger partial charge in [0, 0.05) is 19.6 Å². The summed E-state index contributed by atoms with van der Waals surface area (Å²) in [7, 11) is -3.78. The van der Waals surface area contributed by atoms with Crippen molar-refractivity contribution in [2.75, 3.05) is 52.5 Å². The Kier molecular flexibility index (Phi) is 8.21. The van der Waals surface area contributed by atoms with Gasteiger partial charge in [-0.2, -0.15) is 4.31 Å². The van der Waals surface area contributed by atoms with Gasteiger partial charge in [0.15, 0.2) is 0 Å². The molecule has 0 spiro atoms. The lowest BCUT2D eigenvalue weighted by Gasteiger charge is -2.30. The molecule has 1 N–H and O–H groups in total. The third-order valence-corrected chi connectivity index (χ3v) is 7.75. The second-order valence-corrected chi connectivity index (χ2v) is 10.1. The van der Waals surface area contributed by atoms with Crippen molar-refractivity contribution in [3.63, 3.8) is 0 Å². The van der Waals surface area contributed by atoms with Crippen LogP contribution in [0.3, 0.4) is 0 Å². The molecule has 7 nitrogen and oxygen atoms in total. The molecular weight excluding hydrogens is 409 g/mol. The summed E-state index contributed by atoms with van der Waals surface area (Å²) in [5.41, 5.74) is -0.241. The van der Waals surface area contributed by atoms with Crippen molar-refractivity contribution in [3.8, 4) is 0 Å². The number of sulfonamides is 1. The molecule has 0 saturated carbocycles. The van der Waals surface area contributed by atoms with E-state index in [-0.39, 0.29) is 23.5 Å². The maximum atomic E-state index is 14.2. The van der Waals surface area contributed by atoms with Crippen LogP contribution in [0.25, 0.3) is 0 Å². The number of nitrogens with zero attached hydrogens (tertiary/aromatic N) is 2. The molecule has 2 aliphatic rings. The van der Waals surface area contributed by atoms with Crippen molar-refractivity contribution in [3.05, 3.63) is 29.6 Å². The minimum Gasteiger partial charge on any atom is -0.379 e. The van der Waals surface area contributed by atoms with Crippen molar-refractivity contribution >= 4 is 15.9 Å². The number of piperidine rings is 1. The molecule has 1 amide bonds. The van der Waals surface area contributed by atoms with E-state index in [2.05, 4.69) is 17.1 Å². The van der Waals surface area contributed by atoms with Crippen LogP contribution in [0.1, 0.15) is 43.0 Å². The molecule has 0 bridgehead atoms. The van der Waals surface area contributed by atoms with Gasteiger partial charge in [-0.3, -0.25) is 4.79 Å². The molecule has 168 valence electrons. The van der Waals surface area contributed by atoms with E-state index in [4.69, 9.17) is 4.74 Å². The smallest absolute Gasteiger partial charge is 0.254 e. The largest absolute Gasteiger partial charge is 0.379 e. The van der Waals surface area contributed by atoms with Crippen LogP contribution in [-0.2, 0) is 14.8 Å². The number of likely N-dealkylation sites (tertiary alicyclic amines) is 1. The standard InChI is InChI=1S/C21H32FN3O4S/c1-17-6-10-24(11-7-17)9-3-2-8-23-21(26)19-16-18(4-5-20(19)22)30(27,28)25-12-14-29-15-13-25/h4-5,16-17H,2-3,6-15H2,1H3,(H,23,26). The van der Waals surface area contributed by atoms with Crippen molar-refractivity contribution in [2.24, 2.45) is 5.92 Å². The van der Waals surface area contributed by atoms with Crippen molar-refractivity contribution in [1.29, 1.82) is 0 Å². The van der Waals surface area contributed by atoms with E-state index >= 15 is 0 Å². The molecule has 2 saturated heterocycles. The van der Waals surface area contributed by atoms with Crippen LogP contribution in [0.15, 0.2) is 23.1 Å². The van der Waals surface area contributed by atoms with E-state index in [1.165, 1.54) is 23.2 Å². The summed E-state index contributed by atoms with van der Waals surface area (Å²) in [5.74, 6) is -0.507.